The molecule has 1 aromatic carbocycles. The smallest absolute Gasteiger partial charge is 0.233 e. The summed E-state index contributed by atoms with van der Waals surface area (Å²) in [7, 11) is 0. The van der Waals surface area contributed by atoms with Crippen LogP contribution >= 0.6 is 23.4 Å². The predicted octanol–water partition coefficient (Wildman–Crippen LogP) is 2.60. The number of nitrogens with zero attached hydrogens (tertiary/aromatic N) is 4. The van der Waals surface area contributed by atoms with E-state index in [0.717, 1.165) is 0 Å². The van der Waals surface area contributed by atoms with Crippen LogP contribution in [0.25, 0.3) is 11.4 Å². The molecule has 1 amide bonds. The van der Waals surface area contributed by atoms with Gasteiger partial charge in [-0.1, -0.05) is 47.6 Å². The Balaban J connectivity index is 2.09. The van der Waals surface area contributed by atoms with Gasteiger partial charge in [-0.15, -0.1) is 23.4 Å². The van der Waals surface area contributed by atoms with E-state index in [1.165, 1.54) is 16.4 Å². The number of rotatable bonds is 8. The van der Waals surface area contributed by atoms with Gasteiger partial charge in [0.15, 0.2) is 5.82 Å². The maximum atomic E-state index is 12.2. The van der Waals surface area contributed by atoms with Crippen LogP contribution in [0.2, 0.25) is 5.02 Å². The summed E-state index contributed by atoms with van der Waals surface area (Å²) in [5.41, 5.74) is 0.687. The summed E-state index contributed by atoms with van der Waals surface area (Å²) in [6.45, 7) is 8.23. The second-order valence-electron chi connectivity index (χ2n) is 4.82. The molecule has 24 heavy (non-hydrogen) atoms. The van der Waals surface area contributed by atoms with Crippen molar-refractivity contribution in [2.24, 2.45) is 0 Å². The van der Waals surface area contributed by atoms with E-state index in [1.807, 2.05) is 18.2 Å². The molecule has 0 radical (unpaired) electrons. The zero-order valence-electron chi connectivity index (χ0n) is 13.1. The van der Waals surface area contributed by atoms with Gasteiger partial charge in [0.05, 0.1) is 10.8 Å². The highest BCUT2D eigenvalue weighted by Crippen LogP contribution is 2.27. The number of aromatic nitrogens is 3. The van der Waals surface area contributed by atoms with Crippen LogP contribution in [-0.4, -0.2) is 44.5 Å². The molecule has 0 saturated heterocycles. The Morgan fingerprint density at radius 2 is 1.96 bits per heavy atom. The number of thioether (sulfide) groups is 1. The molecule has 1 heterocycles. The van der Waals surface area contributed by atoms with Crippen molar-refractivity contribution in [2.45, 2.75) is 5.16 Å². The zero-order valence-corrected chi connectivity index (χ0v) is 14.6. The van der Waals surface area contributed by atoms with Gasteiger partial charge < -0.3 is 10.7 Å². The minimum Gasteiger partial charge on any atom is -0.335 e. The molecule has 2 rings (SSSR count). The molecule has 0 spiro atoms. The van der Waals surface area contributed by atoms with Gasteiger partial charge in [0.2, 0.25) is 11.1 Å². The Morgan fingerprint density at radius 1 is 1.29 bits per heavy atom. The van der Waals surface area contributed by atoms with E-state index in [0.29, 0.717) is 34.7 Å². The molecule has 0 fully saturated rings. The second-order valence-corrected chi connectivity index (χ2v) is 6.17. The van der Waals surface area contributed by atoms with Gasteiger partial charge in [-0.05, 0) is 12.1 Å². The van der Waals surface area contributed by atoms with E-state index in [1.54, 1.807) is 23.1 Å². The lowest BCUT2D eigenvalue weighted by atomic mass is 10.2. The van der Waals surface area contributed by atoms with Crippen LogP contribution in [0.15, 0.2) is 54.7 Å². The Hall–Kier alpha value is -2.25. The molecule has 8 heteroatoms. The molecule has 0 aliphatic carbocycles. The SMILES string of the molecule is C=CCN(CC=C)C(=O)CSc1nnc(-c2ccccc2Cl)n1N. The lowest BCUT2D eigenvalue weighted by molar-refractivity contribution is -0.127. The van der Waals surface area contributed by atoms with Gasteiger partial charge in [0, 0.05) is 18.7 Å². The van der Waals surface area contributed by atoms with Crippen LogP contribution in [0.4, 0.5) is 0 Å². The van der Waals surface area contributed by atoms with Crippen LogP contribution in [0.1, 0.15) is 0 Å². The van der Waals surface area contributed by atoms with Crippen LogP contribution in [0.5, 0.6) is 0 Å². The molecule has 0 saturated carbocycles. The van der Waals surface area contributed by atoms with E-state index in [9.17, 15) is 4.79 Å². The molecular formula is C16H18ClN5OS. The Morgan fingerprint density at radius 3 is 2.58 bits per heavy atom. The van der Waals surface area contributed by atoms with E-state index in [-0.39, 0.29) is 11.7 Å². The molecule has 1 aromatic heterocycles. The first-order valence-electron chi connectivity index (χ1n) is 7.16. The topological polar surface area (TPSA) is 77.0 Å². The highest BCUT2D eigenvalue weighted by Gasteiger charge is 2.17. The summed E-state index contributed by atoms with van der Waals surface area (Å²) < 4.78 is 1.34. The Bertz CT molecular complexity index is 736. The molecular weight excluding hydrogens is 346 g/mol. The van der Waals surface area contributed by atoms with Gasteiger partial charge in [-0.25, -0.2) is 4.68 Å². The van der Waals surface area contributed by atoms with Crippen molar-refractivity contribution in [2.75, 3.05) is 24.7 Å². The number of carbonyl (C=O) groups excluding carboxylic acids is 1. The van der Waals surface area contributed by atoms with Gasteiger partial charge >= 0.3 is 0 Å². The molecule has 0 aliphatic heterocycles. The fourth-order valence-corrected chi connectivity index (χ4v) is 2.99. The quantitative estimate of drug-likeness (QED) is 0.443. The summed E-state index contributed by atoms with van der Waals surface area (Å²) in [4.78, 5) is 13.9. The number of hydrogen-bond donors (Lipinski definition) is 1. The summed E-state index contributed by atoms with van der Waals surface area (Å²) in [5, 5.41) is 9.08. The van der Waals surface area contributed by atoms with Gasteiger partial charge in [-0.3, -0.25) is 4.79 Å². The van der Waals surface area contributed by atoms with Gasteiger partial charge in [-0.2, -0.15) is 0 Å². The fourth-order valence-electron chi connectivity index (χ4n) is 2.01. The van der Waals surface area contributed by atoms with Crippen molar-refractivity contribution in [1.82, 2.24) is 19.8 Å². The number of amides is 1. The number of nitrogens with two attached hydrogens (primary N) is 1. The van der Waals surface area contributed by atoms with Crippen molar-refractivity contribution in [3.05, 3.63) is 54.6 Å². The van der Waals surface area contributed by atoms with E-state index >= 15 is 0 Å². The average Bonchev–Trinajstić information content (AvgIpc) is 2.93. The number of benzene rings is 1. The standard InChI is InChI=1S/C16H18ClN5OS/c1-3-9-21(10-4-2)14(23)11-24-16-20-19-15(22(16)18)12-7-5-6-8-13(12)17/h3-8H,1-2,9-11,18H2. The average molecular weight is 364 g/mol. The van der Waals surface area contributed by atoms with Crippen molar-refractivity contribution in [3.8, 4) is 11.4 Å². The molecule has 126 valence electrons. The third-order valence-electron chi connectivity index (χ3n) is 3.16. The van der Waals surface area contributed by atoms with Crippen molar-refractivity contribution < 1.29 is 4.79 Å². The first kappa shape index (κ1) is 18.1. The third kappa shape index (κ3) is 4.18. The maximum Gasteiger partial charge on any atom is 0.233 e. The number of carbonyl (C=O) groups is 1. The molecule has 0 unspecified atom stereocenters. The van der Waals surface area contributed by atoms with Crippen LogP contribution < -0.4 is 5.84 Å². The van der Waals surface area contributed by atoms with Crippen molar-refractivity contribution in [3.63, 3.8) is 0 Å². The Labute approximate surface area is 150 Å². The summed E-state index contributed by atoms with van der Waals surface area (Å²) in [6.07, 6.45) is 3.35. The second kappa shape index (κ2) is 8.56. The molecule has 6 nitrogen and oxygen atoms in total. The first-order chi connectivity index (χ1) is 11.6. The number of hydrogen-bond acceptors (Lipinski definition) is 5. The first-order valence-corrected chi connectivity index (χ1v) is 8.52. The normalized spacial score (nSPS) is 10.4. The minimum absolute atomic E-state index is 0.0536. The van der Waals surface area contributed by atoms with E-state index in [4.69, 9.17) is 17.4 Å². The van der Waals surface area contributed by atoms with Gasteiger partial charge in [0.25, 0.3) is 0 Å². The lowest BCUT2D eigenvalue weighted by Crippen LogP contribution is -2.32. The monoisotopic (exact) mass is 363 g/mol. The molecule has 2 aromatic rings. The summed E-state index contributed by atoms with van der Waals surface area (Å²) in [5.74, 6) is 6.63. The summed E-state index contributed by atoms with van der Waals surface area (Å²) >= 11 is 7.37. The van der Waals surface area contributed by atoms with E-state index < -0.39 is 0 Å². The largest absolute Gasteiger partial charge is 0.335 e. The van der Waals surface area contributed by atoms with Gasteiger partial charge in [0.1, 0.15) is 0 Å². The fraction of sp³-hybridized carbons (Fsp3) is 0.188. The Kier molecular flexibility index (Phi) is 6.45. The molecule has 0 bridgehead atoms. The maximum absolute atomic E-state index is 12.2. The number of nitrogen functional groups attached to an aromatic ring is 1. The molecule has 0 atom stereocenters. The summed E-state index contributed by atoms with van der Waals surface area (Å²) in [6, 6.07) is 7.23. The lowest BCUT2D eigenvalue weighted by Gasteiger charge is -2.18. The van der Waals surface area contributed by atoms with Crippen molar-refractivity contribution >= 4 is 29.3 Å². The minimum atomic E-state index is -0.0536. The highest BCUT2D eigenvalue weighted by atomic mass is 35.5. The molecule has 0 aliphatic rings. The highest BCUT2D eigenvalue weighted by molar-refractivity contribution is 7.99. The van der Waals surface area contributed by atoms with E-state index in [2.05, 4.69) is 23.4 Å². The zero-order chi connectivity index (χ0) is 17.5. The van der Waals surface area contributed by atoms with Crippen molar-refractivity contribution in [1.29, 1.82) is 0 Å². The molecule has 2 N–H and O–H groups in total. The van der Waals surface area contributed by atoms with Crippen LogP contribution in [0.3, 0.4) is 0 Å². The number of halogens is 1. The third-order valence-corrected chi connectivity index (χ3v) is 4.41. The van der Waals surface area contributed by atoms with Crippen LogP contribution in [-0.2, 0) is 4.79 Å². The van der Waals surface area contributed by atoms with Crippen LogP contribution in [0, 0.1) is 0 Å². The predicted molar refractivity (Wildman–Crippen MR) is 98.3 cm³/mol.